The molecule has 0 bridgehead atoms. The zero-order chi connectivity index (χ0) is 14.7. The number of aromatic amines is 1. The van der Waals surface area contributed by atoms with Gasteiger partial charge in [-0.25, -0.2) is 14.2 Å². The molecule has 110 valence electrons. The molecule has 5 nitrogen and oxygen atoms in total. The molecule has 0 unspecified atom stereocenters. The first-order valence-electron chi connectivity index (χ1n) is 6.87. The molecule has 2 N–H and O–H groups in total. The first-order valence-corrected chi connectivity index (χ1v) is 6.87. The average Bonchev–Trinajstić information content (AvgIpc) is 3.26. The minimum atomic E-state index is -0.426. The Morgan fingerprint density at radius 2 is 2.05 bits per heavy atom. The van der Waals surface area contributed by atoms with Gasteiger partial charge >= 0.3 is 5.69 Å². The van der Waals surface area contributed by atoms with Gasteiger partial charge in [0.2, 0.25) is 0 Å². The fourth-order valence-electron chi connectivity index (χ4n) is 2.35. The Kier molecular flexibility index (Phi) is 3.70. The SMILES string of the molecule is O=c1nccc(OCCNC2(c3ccc(F)cc3)CC2)[nH]1. The van der Waals surface area contributed by atoms with Crippen molar-refractivity contribution in [3.8, 4) is 5.88 Å². The van der Waals surface area contributed by atoms with E-state index in [-0.39, 0.29) is 11.4 Å². The smallest absolute Gasteiger partial charge is 0.347 e. The van der Waals surface area contributed by atoms with Gasteiger partial charge in [0.15, 0.2) is 5.88 Å². The molecule has 0 amide bonds. The van der Waals surface area contributed by atoms with Crippen molar-refractivity contribution in [1.29, 1.82) is 0 Å². The summed E-state index contributed by atoms with van der Waals surface area (Å²) < 4.78 is 18.4. The first-order chi connectivity index (χ1) is 10.2. The van der Waals surface area contributed by atoms with Gasteiger partial charge in [-0.3, -0.25) is 4.98 Å². The number of nitrogens with zero attached hydrogens (tertiary/aromatic N) is 1. The molecule has 0 aliphatic heterocycles. The molecular weight excluding hydrogens is 273 g/mol. The molecule has 1 saturated carbocycles. The number of halogens is 1. The Hall–Kier alpha value is -2.21. The summed E-state index contributed by atoms with van der Waals surface area (Å²) in [5.41, 5.74) is 0.620. The van der Waals surface area contributed by atoms with Crippen LogP contribution in [-0.2, 0) is 5.54 Å². The molecule has 1 aliphatic rings. The second kappa shape index (κ2) is 5.65. The molecule has 0 radical (unpaired) electrons. The highest BCUT2D eigenvalue weighted by Crippen LogP contribution is 2.45. The highest BCUT2D eigenvalue weighted by Gasteiger charge is 2.43. The largest absolute Gasteiger partial charge is 0.477 e. The monoisotopic (exact) mass is 289 g/mol. The predicted octanol–water partition coefficient (Wildman–Crippen LogP) is 1.57. The van der Waals surface area contributed by atoms with E-state index in [1.807, 2.05) is 12.1 Å². The molecule has 3 rings (SSSR count). The lowest BCUT2D eigenvalue weighted by molar-refractivity contribution is 0.290. The van der Waals surface area contributed by atoms with E-state index in [4.69, 9.17) is 4.74 Å². The van der Waals surface area contributed by atoms with Gasteiger partial charge in [-0.15, -0.1) is 0 Å². The van der Waals surface area contributed by atoms with E-state index >= 15 is 0 Å². The van der Waals surface area contributed by atoms with E-state index in [9.17, 15) is 9.18 Å². The average molecular weight is 289 g/mol. The van der Waals surface area contributed by atoms with E-state index in [1.165, 1.54) is 18.3 Å². The van der Waals surface area contributed by atoms with Gasteiger partial charge in [-0.05, 0) is 30.5 Å². The van der Waals surface area contributed by atoms with E-state index in [2.05, 4.69) is 15.3 Å². The van der Waals surface area contributed by atoms with Crippen LogP contribution < -0.4 is 15.7 Å². The summed E-state index contributed by atoms with van der Waals surface area (Å²) >= 11 is 0. The molecule has 6 heteroatoms. The molecular formula is C15H16FN3O2. The number of nitrogens with one attached hydrogen (secondary N) is 2. The van der Waals surface area contributed by atoms with Gasteiger partial charge in [-0.2, -0.15) is 0 Å². The number of H-pyrrole nitrogens is 1. The Balaban J connectivity index is 1.51. The van der Waals surface area contributed by atoms with Crippen LogP contribution in [0.2, 0.25) is 0 Å². The van der Waals surface area contributed by atoms with E-state index in [1.54, 1.807) is 6.07 Å². The standard InChI is InChI=1S/C15H16FN3O2/c16-12-3-1-11(2-4-12)15(6-7-15)18-9-10-21-13-5-8-17-14(20)19-13/h1-5,8,18H,6-7,9-10H2,(H,17,19,20). The van der Waals surface area contributed by atoms with Crippen LogP contribution in [0.4, 0.5) is 4.39 Å². The van der Waals surface area contributed by atoms with Crippen LogP contribution >= 0.6 is 0 Å². The van der Waals surface area contributed by atoms with Crippen molar-refractivity contribution < 1.29 is 9.13 Å². The van der Waals surface area contributed by atoms with Crippen LogP contribution in [0.25, 0.3) is 0 Å². The summed E-state index contributed by atoms with van der Waals surface area (Å²) in [6.45, 7) is 1.07. The molecule has 0 spiro atoms. The normalized spacial score (nSPS) is 15.7. The summed E-state index contributed by atoms with van der Waals surface area (Å²) in [4.78, 5) is 17.0. The quantitative estimate of drug-likeness (QED) is 0.792. The van der Waals surface area contributed by atoms with E-state index < -0.39 is 5.69 Å². The number of ether oxygens (including phenoxy) is 1. The highest BCUT2D eigenvalue weighted by molar-refractivity contribution is 5.30. The lowest BCUT2D eigenvalue weighted by atomic mass is 10.1. The molecule has 21 heavy (non-hydrogen) atoms. The Morgan fingerprint density at radius 3 is 2.71 bits per heavy atom. The summed E-state index contributed by atoms with van der Waals surface area (Å²) in [5.74, 6) is 0.183. The number of rotatable bonds is 6. The third kappa shape index (κ3) is 3.28. The molecule has 0 saturated heterocycles. The van der Waals surface area contributed by atoms with Crippen LogP contribution in [-0.4, -0.2) is 23.1 Å². The van der Waals surface area contributed by atoms with Gasteiger partial charge in [0.05, 0.1) is 0 Å². The molecule has 1 aliphatic carbocycles. The number of benzene rings is 1. The molecule has 1 aromatic heterocycles. The zero-order valence-corrected chi connectivity index (χ0v) is 11.4. The second-order valence-electron chi connectivity index (χ2n) is 5.10. The van der Waals surface area contributed by atoms with Crippen molar-refractivity contribution in [1.82, 2.24) is 15.3 Å². The molecule has 1 fully saturated rings. The van der Waals surface area contributed by atoms with Crippen molar-refractivity contribution in [2.24, 2.45) is 0 Å². The van der Waals surface area contributed by atoms with Crippen molar-refractivity contribution >= 4 is 0 Å². The highest BCUT2D eigenvalue weighted by atomic mass is 19.1. The van der Waals surface area contributed by atoms with Crippen LogP contribution in [0.1, 0.15) is 18.4 Å². The summed E-state index contributed by atoms with van der Waals surface area (Å²) in [6, 6.07) is 8.20. The van der Waals surface area contributed by atoms with Gasteiger partial charge in [0.25, 0.3) is 0 Å². The summed E-state index contributed by atoms with van der Waals surface area (Å²) in [5, 5.41) is 3.44. The van der Waals surface area contributed by atoms with Crippen molar-refractivity contribution in [3.05, 3.63) is 58.4 Å². The van der Waals surface area contributed by atoms with Crippen molar-refractivity contribution in [3.63, 3.8) is 0 Å². The minimum absolute atomic E-state index is 0.0529. The molecule has 2 aromatic rings. The van der Waals surface area contributed by atoms with Crippen LogP contribution in [0, 0.1) is 5.82 Å². The fourth-order valence-corrected chi connectivity index (χ4v) is 2.35. The van der Waals surface area contributed by atoms with Gasteiger partial charge in [0, 0.05) is 24.3 Å². The van der Waals surface area contributed by atoms with E-state index in [0.29, 0.717) is 19.0 Å². The molecule has 1 aromatic carbocycles. The fraction of sp³-hybridized carbons (Fsp3) is 0.333. The molecule has 0 atom stereocenters. The number of aromatic nitrogens is 2. The van der Waals surface area contributed by atoms with Gasteiger partial charge < -0.3 is 10.1 Å². The van der Waals surface area contributed by atoms with E-state index in [0.717, 1.165) is 18.4 Å². The predicted molar refractivity (Wildman–Crippen MR) is 75.7 cm³/mol. The third-order valence-corrected chi connectivity index (χ3v) is 3.62. The van der Waals surface area contributed by atoms with Crippen LogP contribution in [0.15, 0.2) is 41.3 Å². The topological polar surface area (TPSA) is 67.0 Å². The van der Waals surface area contributed by atoms with Gasteiger partial charge in [0.1, 0.15) is 12.4 Å². The van der Waals surface area contributed by atoms with Crippen LogP contribution in [0.3, 0.4) is 0 Å². The van der Waals surface area contributed by atoms with Gasteiger partial charge in [-0.1, -0.05) is 12.1 Å². The maximum atomic E-state index is 12.9. The van der Waals surface area contributed by atoms with Crippen LogP contribution in [0.5, 0.6) is 5.88 Å². The Bertz CT molecular complexity index is 665. The van der Waals surface area contributed by atoms with Crippen molar-refractivity contribution in [2.45, 2.75) is 18.4 Å². The maximum Gasteiger partial charge on any atom is 0.347 e. The third-order valence-electron chi connectivity index (χ3n) is 3.62. The summed E-state index contributed by atoms with van der Waals surface area (Å²) in [7, 11) is 0. The number of hydrogen-bond donors (Lipinski definition) is 2. The summed E-state index contributed by atoms with van der Waals surface area (Å²) in [6.07, 6.45) is 3.47. The minimum Gasteiger partial charge on any atom is -0.477 e. The Labute approximate surface area is 121 Å². The number of hydrogen-bond acceptors (Lipinski definition) is 4. The lowest BCUT2D eigenvalue weighted by Gasteiger charge is -2.18. The maximum absolute atomic E-state index is 12.9. The first kappa shape index (κ1) is 13.8. The van der Waals surface area contributed by atoms with Crippen molar-refractivity contribution in [2.75, 3.05) is 13.2 Å². The zero-order valence-electron chi connectivity index (χ0n) is 11.4. The lowest BCUT2D eigenvalue weighted by Crippen LogP contribution is -2.32. The Morgan fingerprint density at radius 1 is 1.29 bits per heavy atom. The second-order valence-corrected chi connectivity index (χ2v) is 5.10. The molecule has 1 heterocycles.